The molecule has 1 aliphatic carbocycles. The molecule has 0 radical (unpaired) electrons. The predicted octanol–water partition coefficient (Wildman–Crippen LogP) is 2.25. The number of hydrogen-bond donors (Lipinski definition) is 2. The first-order valence-corrected chi connectivity index (χ1v) is 7.84. The Morgan fingerprint density at radius 1 is 1.22 bits per heavy atom. The molecule has 0 heterocycles. The van der Waals surface area contributed by atoms with Gasteiger partial charge in [0, 0.05) is 18.7 Å². The molecule has 6 nitrogen and oxygen atoms in total. The van der Waals surface area contributed by atoms with Crippen LogP contribution < -0.4 is 10.6 Å². The zero-order valence-electron chi connectivity index (χ0n) is 13.4. The number of nitrogens with one attached hydrogen (secondary N) is 2. The summed E-state index contributed by atoms with van der Waals surface area (Å²) >= 11 is 0. The number of hydrogen-bond acceptors (Lipinski definition) is 4. The van der Waals surface area contributed by atoms with E-state index in [-0.39, 0.29) is 23.4 Å². The Morgan fingerprint density at radius 2 is 1.91 bits per heavy atom. The lowest BCUT2D eigenvalue weighted by Gasteiger charge is -2.17. The summed E-state index contributed by atoms with van der Waals surface area (Å²) in [6, 6.07) is 6.60. The van der Waals surface area contributed by atoms with Crippen LogP contribution in [0.5, 0.6) is 0 Å². The highest BCUT2D eigenvalue weighted by atomic mass is 16.5. The van der Waals surface area contributed by atoms with Crippen LogP contribution in [0.25, 0.3) is 0 Å². The van der Waals surface area contributed by atoms with Gasteiger partial charge in [-0.25, -0.2) is 4.79 Å². The number of carbonyl (C=O) groups excluding carboxylic acids is 3. The highest BCUT2D eigenvalue weighted by Crippen LogP contribution is 2.18. The fraction of sp³-hybridized carbons (Fsp3) is 0.471. The summed E-state index contributed by atoms with van der Waals surface area (Å²) in [4.78, 5) is 35.2. The van der Waals surface area contributed by atoms with Crippen LogP contribution in [0.4, 0.5) is 5.69 Å². The molecule has 0 spiro atoms. The number of anilines is 1. The molecule has 1 unspecified atom stereocenters. The van der Waals surface area contributed by atoms with Crippen LogP contribution in [0.15, 0.2) is 24.3 Å². The first-order valence-electron chi connectivity index (χ1n) is 7.84. The van der Waals surface area contributed by atoms with E-state index >= 15 is 0 Å². The van der Waals surface area contributed by atoms with E-state index in [0.29, 0.717) is 5.69 Å². The molecule has 1 aliphatic rings. The van der Waals surface area contributed by atoms with Gasteiger partial charge in [-0.05, 0) is 38.0 Å². The quantitative estimate of drug-likeness (QED) is 0.816. The lowest BCUT2D eigenvalue weighted by Crippen LogP contribution is -2.40. The lowest BCUT2D eigenvalue weighted by atomic mass is 10.2. The molecule has 1 atom stereocenters. The molecule has 1 aromatic carbocycles. The van der Waals surface area contributed by atoms with E-state index in [1.807, 2.05) is 0 Å². The molecule has 0 bridgehead atoms. The number of esters is 1. The molecule has 2 rings (SSSR count). The smallest absolute Gasteiger partial charge is 0.338 e. The highest BCUT2D eigenvalue weighted by Gasteiger charge is 2.23. The van der Waals surface area contributed by atoms with Crippen LogP contribution in [0.3, 0.4) is 0 Å². The molecule has 0 aliphatic heterocycles. The summed E-state index contributed by atoms with van der Waals surface area (Å²) in [5, 5.41) is 5.50. The van der Waals surface area contributed by atoms with E-state index in [0.717, 1.165) is 25.7 Å². The minimum Gasteiger partial charge on any atom is -0.449 e. The first kappa shape index (κ1) is 17.0. The summed E-state index contributed by atoms with van der Waals surface area (Å²) in [5.74, 6) is -1.09. The number of carbonyl (C=O) groups is 3. The maximum absolute atomic E-state index is 12.1. The van der Waals surface area contributed by atoms with Crippen LogP contribution in [-0.2, 0) is 14.3 Å². The molecule has 124 valence electrons. The number of rotatable bonds is 5. The second-order valence-corrected chi connectivity index (χ2v) is 5.80. The number of ether oxygens (including phenoxy) is 1. The maximum Gasteiger partial charge on any atom is 0.338 e. The van der Waals surface area contributed by atoms with Gasteiger partial charge in [0.2, 0.25) is 5.91 Å². The third-order valence-corrected chi connectivity index (χ3v) is 3.77. The highest BCUT2D eigenvalue weighted by molar-refractivity contribution is 5.95. The van der Waals surface area contributed by atoms with E-state index in [4.69, 9.17) is 4.74 Å². The zero-order valence-corrected chi connectivity index (χ0v) is 13.4. The van der Waals surface area contributed by atoms with Crippen LogP contribution in [0.2, 0.25) is 0 Å². The fourth-order valence-electron chi connectivity index (χ4n) is 2.60. The van der Waals surface area contributed by atoms with Crippen molar-refractivity contribution >= 4 is 23.5 Å². The van der Waals surface area contributed by atoms with Gasteiger partial charge in [-0.3, -0.25) is 9.59 Å². The summed E-state index contributed by atoms with van der Waals surface area (Å²) in [5.41, 5.74) is 0.798. The average molecular weight is 318 g/mol. The SMILES string of the molecule is CC(=O)Nc1cccc(C(=O)OC(C)C(=O)NC2CCCC2)c1. The molecular formula is C17H22N2O4. The van der Waals surface area contributed by atoms with Crippen molar-refractivity contribution in [3.63, 3.8) is 0 Å². The summed E-state index contributed by atoms with van der Waals surface area (Å²) in [6.07, 6.45) is 3.34. The monoisotopic (exact) mass is 318 g/mol. The minimum absolute atomic E-state index is 0.187. The van der Waals surface area contributed by atoms with Crippen LogP contribution in [0, 0.1) is 0 Å². The van der Waals surface area contributed by atoms with Gasteiger partial charge in [0.1, 0.15) is 0 Å². The second-order valence-electron chi connectivity index (χ2n) is 5.80. The molecule has 2 amide bonds. The van der Waals surface area contributed by atoms with Gasteiger partial charge in [0.25, 0.3) is 5.91 Å². The molecule has 0 saturated heterocycles. The molecule has 23 heavy (non-hydrogen) atoms. The fourth-order valence-corrected chi connectivity index (χ4v) is 2.60. The molecule has 6 heteroatoms. The number of amides is 2. The Hall–Kier alpha value is -2.37. The minimum atomic E-state index is -0.854. The van der Waals surface area contributed by atoms with Crippen molar-refractivity contribution in [2.24, 2.45) is 0 Å². The van der Waals surface area contributed by atoms with E-state index in [9.17, 15) is 14.4 Å². The van der Waals surface area contributed by atoms with E-state index in [1.54, 1.807) is 25.1 Å². The molecular weight excluding hydrogens is 296 g/mol. The van der Waals surface area contributed by atoms with Crippen molar-refractivity contribution in [1.29, 1.82) is 0 Å². The van der Waals surface area contributed by atoms with E-state index < -0.39 is 12.1 Å². The van der Waals surface area contributed by atoms with Gasteiger partial charge in [0.15, 0.2) is 6.10 Å². The third kappa shape index (κ3) is 5.09. The van der Waals surface area contributed by atoms with Crippen LogP contribution in [0.1, 0.15) is 49.9 Å². The average Bonchev–Trinajstić information content (AvgIpc) is 2.99. The Bertz CT molecular complexity index is 594. The van der Waals surface area contributed by atoms with Crippen LogP contribution in [-0.4, -0.2) is 29.9 Å². The molecule has 1 saturated carbocycles. The van der Waals surface area contributed by atoms with Crippen molar-refractivity contribution in [3.05, 3.63) is 29.8 Å². The molecule has 1 aromatic rings. The van der Waals surface area contributed by atoms with Gasteiger partial charge in [-0.1, -0.05) is 18.9 Å². The Labute approximate surface area is 135 Å². The normalized spacial score (nSPS) is 15.7. The van der Waals surface area contributed by atoms with Gasteiger partial charge in [-0.2, -0.15) is 0 Å². The van der Waals surface area contributed by atoms with Crippen molar-refractivity contribution in [1.82, 2.24) is 5.32 Å². The summed E-state index contributed by atoms with van der Waals surface area (Å²) in [6.45, 7) is 2.94. The molecule has 2 N–H and O–H groups in total. The molecule has 1 fully saturated rings. The Balaban J connectivity index is 1.92. The number of benzene rings is 1. The van der Waals surface area contributed by atoms with Crippen molar-refractivity contribution in [2.75, 3.05) is 5.32 Å². The van der Waals surface area contributed by atoms with Gasteiger partial charge in [0.05, 0.1) is 5.56 Å². The topological polar surface area (TPSA) is 84.5 Å². The Kier molecular flexibility index (Phi) is 5.73. The van der Waals surface area contributed by atoms with E-state index in [1.165, 1.54) is 13.0 Å². The summed E-state index contributed by atoms with van der Waals surface area (Å²) < 4.78 is 5.20. The van der Waals surface area contributed by atoms with Gasteiger partial charge < -0.3 is 15.4 Å². The molecule has 0 aromatic heterocycles. The summed E-state index contributed by atoms with van der Waals surface area (Å²) in [7, 11) is 0. The van der Waals surface area contributed by atoms with E-state index in [2.05, 4.69) is 10.6 Å². The third-order valence-electron chi connectivity index (χ3n) is 3.77. The standard InChI is InChI=1S/C17H22N2O4/c1-11(16(21)19-14-7-3-4-8-14)23-17(22)13-6-5-9-15(10-13)18-12(2)20/h5-6,9-11,14H,3-4,7-8H2,1-2H3,(H,18,20)(H,19,21). The predicted molar refractivity (Wildman–Crippen MR) is 86.0 cm³/mol. The van der Waals surface area contributed by atoms with Gasteiger partial charge >= 0.3 is 5.97 Å². The Morgan fingerprint density at radius 3 is 2.57 bits per heavy atom. The largest absolute Gasteiger partial charge is 0.449 e. The van der Waals surface area contributed by atoms with Crippen molar-refractivity contribution in [2.45, 2.75) is 51.7 Å². The van der Waals surface area contributed by atoms with Crippen molar-refractivity contribution < 1.29 is 19.1 Å². The lowest BCUT2D eigenvalue weighted by molar-refractivity contribution is -0.129. The van der Waals surface area contributed by atoms with Gasteiger partial charge in [-0.15, -0.1) is 0 Å². The first-order chi connectivity index (χ1) is 11.0. The zero-order chi connectivity index (χ0) is 16.8. The maximum atomic E-state index is 12.1. The van der Waals surface area contributed by atoms with Crippen molar-refractivity contribution in [3.8, 4) is 0 Å². The van der Waals surface area contributed by atoms with Crippen LogP contribution >= 0.6 is 0 Å². The second kappa shape index (κ2) is 7.76.